The second-order valence-electron chi connectivity index (χ2n) is 5.13. The normalized spacial score (nSPS) is 22.5. The molecule has 20 heavy (non-hydrogen) atoms. The molecule has 1 aromatic rings. The number of hydrogen-bond donors (Lipinski definition) is 1. The fourth-order valence-corrected chi connectivity index (χ4v) is 2.78. The maximum Gasteiger partial charge on any atom is 0.161 e. The summed E-state index contributed by atoms with van der Waals surface area (Å²) in [6.45, 7) is 4.15. The van der Waals surface area contributed by atoms with Crippen molar-refractivity contribution in [2.45, 2.75) is 44.0 Å². The van der Waals surface area contributed by atoms with Gasteiger partial charge in [-0.05, 0) is 44.7 Å². The van der Waals surface area contributed by atoms with Crippen molar-refractivity contribution in [1.82, 2.24) is 5.32 Å². The van der Waals surface area contributed by atoms with Crippen molar-refractivity contribution in [2.75, 3.05) is 19.8 Å². The maximum atomic E-state index is 6.10. The molecule has 2 rings (SSSR count). The van der Waals surface area contributed by atoms with E-state index in [1.54, 1.807) is 0 Å². The predicted octanol–water partition coefficient (Wildman–Crippen LogP) is 3.60. The lowest BCUT2D eigenvalue weighted by atomic mass is 9.95. The highest BCUT2D eigenvalue weighted by Gasteiger charge is 2.18. The molecular formula is C16H24ClNO2. The molecule has 0 aliphatic heterocycles. The molecule has 1 fully saturated rings. The molecule has 112 valence electrons. The molecule has 0 spiro atoms. The molecule has 0 aromatic heterocycles. The van der Waals surface area contributed by atoms with E-state index in [9.17, 15) is 0 Å². The van der Waals surface area contributed by atoms with E-state index in [0.29, 0.717) is 24.6 Å². The van der Waals surface area contributed by atoms with Crippen molar-refractivity contribution in [2.24, 2.45) is 0 Å². The van der Waals surface area contributed by atoms with Crippen LogP contribution in [-0.2, 0) is 0 Å². The Morgan fingerprint density at radius 1 is 1.10 bits per heavy atom. The summed E-state index contributed by atoms with van der Waals surface area (Å²) in [5.41, 5.74) is 0. The maximum absolute atomic E-state index is 6.10. The Balaban J connectivity index is 1.68. The van der Waals surface area contributed by atoms with Crippen molar-refractivity contribution in [3.05, 3.63) is 24.3 Å². The van der Waals surface area contributed by atoms with Crippen LogP contribution in [0.3, 0.4) is 0 Å². The number of alkyl halides is 1. The van der Waals surface area contributed by atoms with Crippen molar-refractivity contribution in [1.29, 1.82) is 0 Å². The zero-order valence-electron chi connectivity index (χ0n) is 12.1. The Morgan fingerprint density at radius 3 is 2.40 bits per heavy atom. The van der Waals surface area contributed by atoms with E-state index in [1.807, 2.05) is 31.2 Å². The summed E-state index contributed by atoms with van der Waals surface area (Å²) in [7, 11) is 0. The van der Waals surface area contributed by atoms with Crippen molar-refractivity contribution >= 4 is 11.6 Å². The third-order valence-corrected chi connectivity index (χ3v) is 4.03. The van der Waals surface area contributed by atoms with Crippen LogP contribution in [0.25, 0.3) is 0 Å². The Hall–Kier alpha value is -0.930. The summed E-state index contributed by atoms with van der Waals surface area (Å²) in [5, 5.41) is 3.92. The Morgan fingerprint density at radius 2 is 1.75 bits per heavy atom. The van der Waals surface area contributed by atoms with Gasteiger partial charge in [0.1, 0.15) is 6.61 Å². The average molecular weight is 298 g/mol. The van der Waals surface area contributed by atoms with E-state index in [4.69, 9.17) is 21.1 Å². The zero-order chi connectivity index (χ0) is 14.2. The van der Waals surface area contributed by atoms with Crippen LogP contribution in [-0.4, -0.2) is 31.2 Å². The van der Waals surface area contributed by atoms with E-state index in [-0.39, 0.29) is 0 Å². The van der Waals surface area contributed by atoms with Crippen molar-refractivity contribution < 1.29 is 9.47 Å². The highest BCUT2D eigenvalue weighted by molar-refractivity contribution is 6.20. The fraction of sp³-hybridized carbons (Fsp3) is 0.625. The van der Waals surface area contributed by atoms with Crippen LogP contribution in [0.4, 0.5) is 0 Å². The minimum atomic E-state index is 0.377. The first-order valence-corrected chi connectivity index (χ1v) is 7.95. The van der Waals surface area contributed by atoms with Gasteiger partial charge in [0.15, 0.2) is 11.5 Å². The van der Waals surface area contributed by atoms with Gasteiger partial charge in [-0.1, -0.05) is 12.1 Å². The van der Waals surface area contributed by atoms with Crippen LogP contribution in [0.1, 0.15) is 32.6 Å². The highest BCUT2D eigenvalue weighted by Crippen LogP contribution is 2.26. The second-order valence-corrected chi connectivity index (χ2v) is 5.75. The van der Waals surface area contributed by atoms with Crippen LogP contribution >= 0.6 is 11.6 Å². The molecule has 1 aliphatic rings. The molecule has 0 saturated heterocycles. The Bertz CT molecular complexity index is 392. The number of benzene rings is 1. The van der Waals surface area contributed by atoms with Crippen molar-refractivity contribution in [3.63, 3.8) is 0 Å². The van der Waals surface area contributed by atoms with Gasteiger partial charge >= 0.3 is 0 Å². The molecule has 0 unspecified atom stereocenters. The molecule has 1 N–H and O–H groups in total. The molecule has 0 amide bonds. The summed E-state index contributed by atoms with van der Waals surface area (Å²) in [6, 6.07) is 8.40. The van der Waals surface area contributed by atoms with E-state index >= 15 is 0 Å². The molecule has 0 radical (unpaired) electrons. The summed E-state index contributed by atoms with van der Waals surface area (Å²) < 4.78 is 11.3. The lowest BCUT2D eigenvalue weighted by Gasteiger charge is -2.25. The minimum absolute atomic E-state index is 0.377. The predicted molar refractivity (Wildman–Crippen MR) is 83.0 cm³/mol. The van der Waals surface area contributed by atoms with Gasteiger partial charge < -0.3 is 14.8 Å². The third kappa shape index (κ3) is 4.88. The molecular weight excluding hydrogens is 274 g/mol. The fourth-order valence-electron chi connectivity index (χ4n) is 2.53. The number of ether oxygens (including phenoxy) is 2. The Kier molecular flexibility index (Phi) is 6.48. The molecule has 0 bridgehead atoms. The molecule has 1 aromatic carbocycles. The van der Waals surface area contributed by atoms with Crippen LogP contribution in [0.5, 0.6) is 11.5 Å². The molecule has 0 atom stereocenters. The standard InChI is InChI=1S/C16H24ClNO2/c1-2-19-15-5-3-4-6-16(15)20-12-11-18-14-9-7-13(17)8-10-14/h3-6,13-14,18H,2,7-12H2,1H3. The summed E-state index contributed by atoms with van der Waals surface area (Å²) in [4.78, 5) is 0. The van der Waals surface area contributed by atoms with Crippen LogP contribution in [0.15, 0.2) is 24.3 Å². The van der Waals surface area contributed by atoms with Gasteiger partial charge in [0.2, 0.25) is 0 Å². The van der Waals surface area contributed by atoms with Crippen LogP contribution in [0.2, 0.25) is 0 Å². The number of para-hydroxylation sites is 2. The number of rotatable bonds is 7. The molecule has 3 nitrogen and oxygen atoms in total. The molecule has 1 saturated carbocycles. The SMILES string of the molecule is CCOc1ccccc1OCCNC1CCC(Cl)CC1. The first-order chi connectivity index (χ1) is 9.79. The van der Waals surface area contributed by atoms with Crippen molar-refractivity contribution in [3.8, 4) is 11.5 Å². The van der Waals surface area contributed by atoms with E-state index in [1.165, 1.54) is 12.8 Å². The number of hydrogen-bond acceptors (Lipinski definition) is 3. The third-order valence-electron chi connectivity index (χ3n) is 3.60. The van der Waals surface area contributed by atoms with Gasteiger partial charge in [0, 0.05) is 18.0 Å². The van der Waals surface area contributed by atoms with Gasteiger partial charge in [0.25, 0.3) is 0 Å². The van der Waals surface area contributed by atoms with Gasteiger partial charge in [-0.15, -0.1) is 11.6 Å². The lowest BCUT2D eigenvalue weighted by Crippen LogP contribution is -2.35. The average Bonchev–Trinajstić information content (AvgIpc) is 2.47. The van der Waals surface area contributed by atoms with Gasteiger partial charge in [-0.2, -0.15) is 0 Å². The molecule has 1 aliphatic carbocycles. The molecule has 0 heterocycles. The van der Waals surface area contributed by atoms with Gasteiger partial charge in [-0.25, -0.2) is 0 Å². The highest BCUT2D eigenvalue weighted by atomic mass is 35.5. The van der Waals surface area contributed by atoms with Crippen LogP contribution < -0.4 is 14.8 Å². The summed E-state index contributed by atoms with van der Waals surface area (Å²) in [5.74, 6) is 1.64. The largest absolute Gasteiger partial charge is 0.490 e. The number of halogens is 1. The summed E-state index contributed by atoms with van der Waals surface area (Å²) in [6.07, 6.45) is 4.58. The lowest BCUT2D eigenvalue weighted by molar-refractivity contribution is 0.265. The van der Waals surface area contributed by atoms with Gasteiger partial charge in [0.05, 0.1) is 6.61 Å². The number of nitrogens with one attached hydrogen (secondary N) is 1. The van der Waals surface area contributed by atoms with E-state index < -0.39 is 0 Å². The quantitative estimate of drug-likeness (QED) is 0.616. The Labute approximate surface area is 126 Å². The van der Waals surface area contributed by atoms with E-state index in [0.717, 1.165) is 30.9 Å². The first-order valence-electron chi connectivity index (χ1n) is 7.51. The van der Waals surface area contributed by atoms with Crippen LogP contribution in [0, 0.1) is 0 Å². The monoisotopic (exact) mass is 297 g/mol. The molecule has 4 heteroatoms. The smallest absolute Gasteiger partial charge is 0.161 e. The zero-order valence-corrected chi connectivity index (χ0v) is 12.9. The first kappa shape index (κ1) is 15.5. The van der Waals surface area contributed by atoms with E-state index in [2.05, 4.69) is 5.32 Å². The minimum Gasteiger partial charge on any atom is -0.490 e. The second kappa shape index (κ2) is 8.38. The van der Waals surface area contributed by atoms with Gasteiger partial charge in [-0.3, -0.25) is 0 Å². The summed E-state index contributed by atoms with van der Waals surface area (Å²) >= 11 is 6.10. The topological polar surface area (TPSA) is 30.5 Å².